The van der Waals surface area contributed by atoms with Crippen molar-refractivity contribution in [2.24, 2.45) is 0 Å². The van der Waals surface area contributed by atoms with Gasteiger partial charge < -0.3 is 14.5 Å². The molecule has 0 bridgehead atoms. The number of halogens is 1. The predicted molar refractivity (Wildman–Crippen MR) is 106 cm³/mol. The monoisotopic (exact) mass is 369 g/mol. The van der Waals surface area contributed by atoms with Crippen molar-refractivity contribution < 1.29 is 9.15 Å². The van der Waals surface area contributed by atoms with Crippen molar-refractivity contribution in [2.45, 2.75) is 24.8 Å². The summed E-state index contributed by atoms with van der Waals surface area (Å²) in [6, 6.07) is 23.3. The Labute approximate surface area is 160 Å². The molecule has 3 nitrogen and oxygen atoms in total. The molecule has 0 aliphatic carbocycles. The Morgan fingerprint density at radius 1 is 0.962 bits per heavy atom. The van der Waals surface area contributed by atoms with Crippen LogP contribution < -0.4 is 10.1 Å². The van der Waals surface area contributed by atoms with Crippen LogP contribution in [0.5, 0.6) is 5.75 Å². The van der Waals surface area contributed by atoms with Crippen LogP contribution in [0.1, 0.15) is 35.6 Å². The van der Waals surface area contributed by atoms with Crippen LogP contribution in [0, 0.1) is 0 Å². The number of hydrogen-bond acceptors (Lipinski definition) is 3. The molecule has 2 unspecified atom stereocenters. The van der Waals surface area contributed by atoms with E-state index in [0.717, 1.165) is 24.7 Å². The van der Waals surface area contributed by atoms with Crippen LogP contribution >= 0.6 is 12.4 Å². The molecule has 1 N–H and O–H groups in total. The van der Waals surface area contributed by atoms with E-state index in [1.807, 2.05) is 18.2 Å². The van der Waals surface area contributed by atoms with E-state index in [4.69, 9.17) is 9.15 Å². The standard InChI is InChI=1S/C22H23NO2.ClH/c1-2-6-17(7-3-1)22(21-9-5-15-24-21)18-10-12-20(13-11-18)25-16-19-8-4-14-23-19;/h1-3,5-7,9-13,15,19,22-23H,4,8,14,16H2;1H. The Balaban J connectivity index is 0.00000196. The first-order chi connectivity index (χ1) is 12.4. The summed E-state index contributed by atoms with van der Waals surface area (Å²) in [4.78, 5) is 0. The van der Waals surface area contributed by atoms with Gasteiger partial charge in [-0.1, -0.05) is 42.5 Å². The topological polar surface area (TPSA) is 34.4 Å². The van der Waals surface area contributed by atoms with Gasteiger partial charge in [0.1, 0.15) is 18.1 Å². The first-order valence-corrected chi connectivity index (χ1v) is 8.94. The quantitative estimate of drug-likeness (QED) is 0.663. The molecule has 0 radical (unpaired) electrons. The lowest BCUT2D eigenvalue weighted by Gasteiger charge is -2.17. The lowest BCUT2D eigenvalue weighted by molar-refractivity contribution is 0.277. The summed E-state index contributed by atoms with van der Waals surface area (Å²) >= 11 is 0. The number of rotatable bonds is 6. The van der Waals surface area contributed by atoms with Crippen LogP contribution in [-0.4, -0.2) is 19.2 Å². The van der Waals surface area contributed by atoms with Crippen LogP contribution in [0.25, 0.3) is 0 Å². The van der Waals surface area contributed by atoms with Gasteiger partial charge >= 0.3 is 0 Å². The van der Waals surface area contributed by atoms with Crippen LogP contribution in [0.3, 0.4) is 0 Å². The molecule has 2 atom stereocenters. The van der Waals surface area contributed by atoms with Gasteiger partial charge in [-0.3, -0.25) is 0 Å². The van der Waals surface area contributed by atoms with Crippen molar-refractivity contribution in [3.63, 3.8) is 0 Å². The third-order valence-corrected chi connectivity index (χ3v) is 4.79. The Kier molecular flexibility index (Phi) is 6.37. The summed E-state index contributed by atoms with van der Waals surface area (Å²) in [5.41, 5.74) is 2.42. The summed E-state index contributed by atoms with van der Waals surface area (Å²) in [6.45, 7) is 1.84. The molecule has 4 rings (SSSR count). The molecule has 26 heavy (non-hydrogen) atoms. The van der Waals surface area contributed by atoms with E-state index in [0.29, 0.717) is 6.04 Å². The van der Waals surface area contributed by atoms with E-state index >= 15 is 0 Å². The molecule has 2 heterocycles. The molecule has 4 heteroatoms. The minimum Gasteiger partial charge on any atom is -0.492 e. The zero-order chi connectivity index (χ0) is 16.9. The molecule has 0 amide bonds. The Bertz CT molecular complexity index is 766. The van der Waals surface area contributed by atoms with Crippen LogP contribution in [-0.2, 0) is 0 Å². The number of benzene rings is 2. The number of hydrogen-bond donors (Lipinski definition) is 1. The SMILES string of the molecule is Cl.c1ccc(C(c2ccc(OCC3CCCN3)cc2)c2ccco2)cc1. The van der Waals surface area contributed by atoms with Crippen LogP contribution in [0.4, 0.5) is 0 Å². The maximum absolute atomic E-state index is 5.94. The van der Waals surface area contributed by atoms with Gasteiger partial charge in [0.2, 0.25) is 0 Å². The molecule has 0 saturated carbocycles. The summed E-state index contributed by atoms with van der Waals surface area (Å²) in [5, 5.41) is 3.46. The first kappa shape index (κ1) is 18.6. The molecular formula is C22H24ClNO2. The highest BCUT2D eigenvalue weighted by atomic mass is 35.5. The zero-order valence-corrected chi connectivity index (χ0v) is 15.5. The normalized spacial score (nSPS) is 17.5. The molecule has 0 spiro atoms. The van der Waals surface area contributed by atoms with Gasteiger partial charge in [-0.25, -0.2) is 0 Å². The van der Waals surface area contributed by atoms with Crippen molar-refractivity contribution in [1.29, 1.82) is 0 Å². The molecule has 1 aliphatic rings. The lowest BCUT2D eigenvalue weighted by Crippen LogP contribution is -2.28. The average molecular weight is 370 g/mol. The van der Waals surface area contributed by atoms with Gasteiger partial charge in [-0.2, -0.15) is 0 Å². The van der Waals surface area contributed by atoms with Gasteiger partial charge in [0.15, 0.2) is 0 Å². The third kappa shape index (κ3) is 4.29. The minimum atomic E-state index is 0. The van der Waals surface area contributed by atoms with Crippen molar-refractivity contribution in [3.05, 3.63) is 89.9 Å². The van der Waals surface area contributed by atoms with Crippen molar-refractivity contribution in [3.8, 4) is 5.75 Å². The number of furan rings is 1. The maximum atomic E-state index is 5.94. The highest BCUT2D eigenvalue weighted by molar-refractivity contribution is 5.85. The Morgan fingerprint density at radius 2 is 1.73 bits per heavy atom. The zero-order valence-electron chi connectivity index (χ0n) is 14.6. The number of nitrogens with one attached hydrogen (secondary N) is 1. The molecule has 2 aromatic carbocycles. The predicted octanol–water partition coefficient (Wildman–Crippen LogP) is 5.01. The molecule has 3 aromatic rings. The molecule has 136 valence electrons. The van der Waals surface area contributed by atoms with Gasteiger partial charge in [0, 0.05) is 6.04 Å². The maximum Gasteiger partial charge on any atom is 0.119 e. The number of ether oxygens (including phenoxy) is 1. The van der Waals surface area contributed by atoms with E-state index in [2.05, 4.69) is 53.8 Å². The summed E-state index contributed by atoms with van der Waals surface area (Å²) in [7, 11) is 0. The molecule has 1 fully saturated rings. The fourth-order valence-corrected chi connectivity index (χ4v) is 3.47. The summed E-state index contributed by atoms with van der Waals surface area (Å²) < 4.78 is 11.6. The van der Waals surface area contributed by atoms with Crippen molar-refractivity contribution in [1.82, 2.24) is 5.32 Å². The van der Waals surface area contributed by atoms with Gasteiger partial charge in [0.05, 0.1) is 12.2 Å². The summed E-state index contributed by atoms with van der Waals surface area (Å²) in [5.74, 6) is 1.97. The smallest absolute Gasteiger partial charge is 0.119 e. The largest absolute Gasteiger partial charge is 0.492 e. The second kappa shape index (κ2) is 8.93. The van der Waals surface area contributed by atoms with E-state index in [9.17, 15) is 0 Å². The fourth-order valence-electron chi connectivity index (χ4n) is 3.47. The van der Waals surface area contributed by atoms with Crippen molar-refractivity contribution >= 4 is 12.4 Å². The summed E-state index contributed by atoms with van der Waals surface area (Å²) in [6.07, 6.45) is 4.18. The minimum absolute atomic E-state index is 0. The first-order valence-electron chi connectivity index (χ1n) is 8.94. The highest BCUT2D eigenvalue weighted by Gasteiger charge is 2.19. The highest BCUT2D eigenvalue weighted by Crippen LogP contribution is 2.33. The fraction of sp³-hybridized carbons (Fsp3) is 0.273. The van der Waals surface area contributed by atoms with E-state index in [-0.39, 0.29) is 18.3 Å². The average Bonchev–Trinajstić information content (AvgIpc) is 3.36. The van der Waals surface area contributed by atoms with E-state index < -0.39 is 0 Å². The van der Waals surface area contributed by atoms with Crippen LogP contribution in [0.2, 0.25) is 0 Å². The molecule has 1 aromatic heterocycles. The van der Waals surface area contributed by atoms with Crippen molar-refractivity contribution in [2.75, 3.05) is 13.2 Å². The van der Waals surface area contributed by atoms with E-state index in [1.165, 1.54) is 24.0 Å². The Morgan fingerprint density at radius 3 is 2.38 bits per heavy atom. The second-order valence-corrected chi connectivity index (χ2v) is 6.53. The van der Waals surface area contributed by atoms with E-state index in [1.54, 1.807) is 6.26 Å². The molecular weight excluding hydrogens is 346 g/mol. The molecule has 1 aliphatic heterocycles. The van der Waals surface area contributed by atoms with Gasteiger partial charge in [-0.15, -0.1) is 12.4 Å². The van der Waals surface area contributed by atoms with Gasteiger partial charge in [0.25, 0.3) is 0 Å². The lowest BCUT2D eigenvalue weighted by atomic mass is 9.89. The van der Waals surface area contributed by atoms with Crippen LogP contribution in [0.15, 0.2) is 77.4 Å². The van der Waals surface area contributed by atoms with Gasteiger partial charge in [-0.05, 0) is 54.8 Å². The Hall–Kier alpha value is -2.23. The second-order valence-electron chi connectivity index (χ2n) is 6.53. The molecule has 1 saturated heterocycles. The third-order valence-electron chi connectivity index (χ3n) is 4.79.